The lowest BCUT2D eigenvalue weighted by atomic mass is 9.88. The number of hydrogen-bond acceptors (Lipinski definition) is 1. The van der Waals surface area contributed by atoms with Crippen molar-refractivity contribution < 1.29 is 0 Å². The molecule has 2 N–H and O–H groups in total. The topological polar surface area (TPSA) is 24.1 Å². The fourth-order valence-electron chi connectivity index (χ4n) is 2.95. The SMILES string of the molecule is Cc1cccc(NC(=S)NC2CCCc3ccccc32)c1. The largest absolute Gasteiger partial charge is 0.356 e. The van der Waals surface area contributed by atoms with Gasteiger partial charge in [0.25, 0.3) is 0 Å². The van der Waals surface area contributed by atoms with Gasteiger partial charge in [-0.1, -0.05) is 36.4 Å². The lowest BCUT2D eigenvalue weighted by Gasteiger charge is -2.27. The number of hydrogen-bond donors (Lipinski definition) is 2. The maximum Gasteiger partial charge on any atom is 0.171 e. The molecular formula is C18H20N2S. The van der Waals surface area contributed by atoms with Crippen molar-refractivity contribution in [3.8, 4) is 0 Å². The van der Waals surface area contributed by atoms with E-state index in [1.54, 1.807) is 0 Å². The van der Waals surface area contributed by atoms with Gasteiger partial charge < -0.3 is 10.6 Å². The van der Waals surface area contributed by atoms with E-state index < -0.39 is 0 Å². The minimum Gasteiger partial charge on any atom is -0.356 e. The van der Waals surface area contributed by atoms with Crippen LogP contribution in [0.2, 0.25) is 0 Å². The van der Waals surface area contributed by atoms with Crippen LogP contribution in [0.5, 0.6) is 0 Å². The van der Waals surface area contributed by atoms with Crippen molar-refractivity contribution >= 4 is 23.0 Å². The summed E-state index contributed by atoms with van der Waals surface area (Å²) in [4.78, 5) is 0. The van der Waals surface area contributed by atoms with E-state index in [1.807, 2.05) is 12.1 Å². The molecule has 1 aliphatic rings. The summed E-state index contributed by atoms with van der Waals surface area (Å²) in [5.74, 6) is 0. The Bertz CT molecular complexity index is 651. The van der Waals surface area contributed by atoms with Crippen LogP contribution in [0.1, 0.15) is 35.6 Å². The molecule has 2 aromatic rings. The van der Waals surface area contributed by atoms with Gasteiger partial charge in [0, 0.05) is 5.69 Å². The van der Waals surface area contributed by atoms with Gasteiger partial charge in [-0.2, -0.15) is 0 Å². The van der Waals surface area contributed by atoms with Crippen LogP contribution in [0.15, 0.2) is 48.5 Å². The number of anilines is 1. The monoisotopic (exact) mass is 296 g/mol. The van der Waals surface area contributed by atoms with Crippen molar-refractivity contribution in [1.29, 1.82) is 0 Å². The molecule has 2 aromatic carbocycles. The smallest absolute Gasteiger partial charge is 0.171 e. The molecule has 1 unspecified atom stereocenters. The zero-order valence-electron chi connectivity index (χ0n) is 12.2. The van der Waals surface area contributed by atoms with Crippen molar-refractivity contribution in [2.24, 2.45) is 0 Å². The number of thiocarbonyl (C=S) groups is 1. The van der Waals surface area contributed by atoms with Gasteiger partial charge in [0.1, 0.15) is 0 Å². The summed E-state index contributed by atoms with van der Waals surface area (Å²) in [6, 6.07) is 17.2. The van der Waals surface area contributed by atoms with E-state index >= 15 is 0 Å². The normalized spacial score (nSPS) is 16.9. The second-order valence-corrected chi connectivity index (χ2v) is 6.02. The lowest BCUT2D eigenvalue weighted by molar-refractivity contribution is 0.529. The Morgan fingerprint density at radius 2 is 2.00 bits per heavy atom. The van der Waals surface area contributed by atoms with Crippen molar-refractivity contribution in [2.75, 3.05) is 5.32 Å². The van der Waals surface area contributed by atoms with Gasteiger partial charge in [-0.25, -0.2) is 0 Å². The number of fused-ring (bicyclic) bond motifs is 1. The van der Waals surface area contributed by atoms with E-state index in [4.69, 9.17) is 12.2 Å². The molecule has 0 amide bonds. The molecule has 2 nitrogen and oxygen atoms in total. The van der Waals surface area contributed by atoms with Crippen molar-refractivity contribution in [3.05, 3.63) is 65.2 Å². The van der Waals surface area contributed by atoms with Crippen molar-refractivity contribution in [2.45, 2.75) is 32.2 Å². The standard InChI is InChI=1S/C18H20N2S/c1-13-6-4-9-15(12-13)19-18(21)20-17-11-5-8-14-7-2-3-10-16(14)17/h2-4,6-7,9-10,12,17H,5,8,11H2,1H3,(H2,19,20,21). The van der Waals surface area contributed by atoms with E-state index in [-0.39, 0.29) is 0 Å². The third kappa shape index (κ3) is 3.42. The molecule has 0 aromatic heterocycles. The molecule has 0 heterocycles. The first-order valence-corrected chi connectivity index (χ1v) is 7.85. The zero-order chi connectivity index (χ0) is 14.7. The van der Waals surface area contributed by atoms with Crippen molar-refractivity contribution in [3.63, 3.8) is 0 Å². The van der Waals surface area contributed by atoms with Crippen LogP contribution in [0.25, 0.3) is 0 Å². The third-order valence-corrected chi connectivity index (χ3v) is 4.17. The summed E-state index contributed by atoms with van der Waals surface area (Å²) >= 11 is 5.47. The van der Waals surface area contributed by atoms with Gasteiger partial charge in [0.2, 0.25) is 0 Å². The highest BCUT2D eigenvalue weighted by atomic mass is 32.1. The second kappa shape index (κ2) is 6.27. The highest BCUT2D eigenvalue weighted by molar-refractivity contribution is 7.80. The average Bonchev–Trinajstić information content (AvgIpc) is 2.47. The number of benzene rings is 2. The highest BCUT2D eigenvalue weighted by Gasteiger charge is 2.20. The van der Waals surface area contributed by atoms with Crippen LogP contribution >= 0.6 is 12.2 Å². The quantitative estimate of drug-likeness (QED) is 0.805. The molecule has 0 aliphatic heterocycles. The van der Waals surface area contributed by atoms with Crippen LogP contribution in [-0.4, -0.2) is 5.11 Å². The van der Waals surface area contributed by atoms with Gasteiger partial charge in [0.05, 0.1) is 6.04 Å². The molecule has 3 heteroatoms. The summed E-state index contributed by atoms with van der Waals surface area (Å²) in [6.07, 6.45) is 3.51. The van der Waals surface area contributed by atoms with Crippen LogP contribution in [0.4, 0.5) is 5.69 Å². The maximum atomic E-state index is 5.47. The first-order valence-electron chi connectivity index (χ1n) is 7.44. The Morgan fingerprint density at radius 3 is 2.86 bits per heavy atom. The van der Waals surface area contributed by atoms with Gasteiger partial charge in [0.15, 0.2) is 5.11 Å². The van der Waals surface area contributed by atoms with Crippen molar-refractivity contribution in [1.82, 2.24) is 5.32 Å². The summed E-state index contributed by atoms with van der Waals surface area (Å²) in [7, 11) is 0. The summed E-state index contributed by atoms with van der Waals surface area (Å²) in [6.45, 7) is 2.08. The fraction of sp³-hybridized carbons (Fsp3) is 0.278. The molecule has 0 saturated carbocycles. The highest BCUT2D eigenvalue weighted by Crippen LogP contribution is 2.29. The minimum atomic E-state index is 0.319. The molecule has 21 heavy (non-hydrogen) atoms. The average molecular weight is 296 g/mol. The number of rotatable bonds is 2. The maximum absolute atomic E-state index is 5.47. The number of aryl methyl sites for hydroxylation is 2. The Morgan fingerprint density at radius 1 is 1.14 bits per heavy atom. The predicted molar refractivity (Wildman–Crippen MR) is 92.7 cm³/mol. The van der Waals surface area contributed by atoms with Crippen LogP contribution in [-0.2, 0) is 6.42 Å². The predicted octanol–water partition coefficient (Wildman–Crippen LogP) is 4.36. The first kappa shape index (κ1) is 14.1. The molecule has 3 rings (SSSR count). The Hall–Kier alpha value is -1.87. The van der Waals surface area contributed by atoms with Gasteiger partial charge >= 0.3 is 0 Å². The summed E-state index contributed by atoms with van der Waals surface area (Å²) in [5.41, 5.74) is 5.10. The van der Waals surface area contributed by atoms with E-state index in [1.165, 1.54) is 29.5 Å². The van der Waals surface area contributed by atoms with E-state index in [0.717, 1.165) is 12.1 Å². The van der Waals surface area contributed by atoms with Gasteiger partial charge in [-0.3, -0.25) is 0 Å². The molecule has 0 radical (unpaired) electrons. The molecule has 0 spiro atoms. The van der Waals surface area contributed by atoms with E-state index in [2.05, 4.69) is 54.0 Å². The number of nitrogens with one attached hydrogen (secondary N) is 2. The molecule has 0 fully saturated rings. The lowest BCUT2D eigenvalue weighted by Crippen LogP contribution is -2.34. The summed E-state index contributed by atoms with van der Waals surface area (Å²) < 4.78 is 0. The fourth-order valence-corrected chi connectivity index (χ4v) is 3.21. The molecule has 0 saturated heterocycles. The molecular weight excluding hydrogens is 276 g/mol. The zero-order valence-corrected chi connectivity index (χ0v) is 13.0. The Labute approximate surface area is 131 Å². The van der Waals surface area contributed by atoms with Crippen LogP contribution in [0, 0.1) is 6.92 Å². The van der Waals surface area contributed by atoms with Crippen LogP contribution in [0.3, 0.4) is 0 Å². The Kier molecular flexibility index (Phi) is 4.20. The minimum absolute atomic E-state index is 0.319. The summed E-state index contributed by atoms with van der Waals surface area (Å²) in [5, 5.41) is 7.44. The first-order chi connectivity index (χ1) is 10.2. The third-order valence-electron chi connectivity index (χ3n) is 3.95. The Balaban J connectivity index is 1.68. The van der Waals surface area contributed by atoms with E-state index in [0.29, 0.717) is 11.2 Å². The second-order valence-electron chi connectivity index (χ2n) is 5.61. The molecule has 1 atom stereocenters. The molecule has 108 valence electrons. The van der Waals surface area contributed by atoms with Crippen LogP contribution < -0.4 is 10.6 Å². The van der Waals surface area contributed by atoms with Gasteiger partial charge in [-0.05, 0) is 67.2 Å². The molecule has 0 bridgehead atoms. The molecule has 1 aliphatic carbocycles. The van der Waals surface area contributed by atoms with E-state index in [9.17, 15) is 0 Å². The van der Waals surface area contributed by atoms with Gasteiger partial charge in [-0.15, -0.1) is 0 Å².